The first kappa shape index (κ1) is 29.9. The molecular formula is C33H33N3O6. The highest BCUT2D eigenvalue weighted by molar-refractivity contribution is 5.88. The number of hydrogen-bond acceptors (Lipinski definition) is 7. The molecule has 216 valence electrons. The summed E-state index contributed by atoms with van der Waals surface area (Å²) in [6.07, 6.45) is 0.973. The number of nitrogens with one attached hydrogen (secondary N) is 1. The molecule has 0 spiro atoms. The molecule has 0 aliphatic heterocycles. The smallest absolute Gasteiger partial charge is 0.408 e. The van der Waals surface area contributed by atoms with Crippen LogP contribution in [0.5, 0.6) is 0 Å². The van der Waals surface area contributed by atoms with Crippen LogP contribution in [0.2, 0.25) is 0 Å². The molecule has 1 atom stereocenters. The number of esters is 2. The topological polar surface area (TPSA) is 120 Å². The SMILES string of the molecule is CC(C)(C)OC(=O)Cn1cc(CC(NC(=O)OCc2ccccc2)C(=O)OCc2ccccc2)c2cc(C#N)ccc21. The quantitative estimate of drug-likeness (QED) is 0.200. The molecule has 1 aromatic heterocycles. The van der Waals surface area contributed by atoms with Gasteiger partial charge < -0.3 is 24.1 Å². The minimum Gasteiger partial charge on any atom is -0.459 e. The van der Waals surface area contributed by atoms with Crippen molar-refractivity contribution in [1.82, 2.24) is 9.88 Å². The number of rotatable bonds is 10. The largest absolute Gasteiger partial charge is 0.459 e. The van der Waals surface area contributed by atoms with Crippen molar-refractivity contribution in [2.24, 2.45) is 0 Å². The van der Waals surface area contributed by atoms with E-state index < -0.39 is 29.7 Å². The third-order valence-electron chi connectivity index (χ3n) is 6.25. The normalized spacial score (nSPS) is 11.8. The average molecular weight is 568 g/mol. The molecule has 1 heterocycles. The lowest BCUT2D eigenvalue weighted by molar-refractivity contribution is -0.155. The van der Waals surface area contributed by atoms with Gasteiger partial charge in [-0.2, -0.15) is 5.26 Å². The average Bonchev–Trinajstić information content (AvgIpc) is 3.30. The molecule has 0 bridgehead atoms. The fraction of sp³-hybridized carbons (Fsp3) is 0.273. The fourth-order valence-corrected chi connectivity index (χ4v) is 4.40. The highest BCUT2D eigenvalue weighted by Gasteiger charge is 2.26. The molecule has 0 aliphatic rings. The number of carbonyl (C=O) groups excluding carboxylic acids is 3. The van der Waals surface area contributed by atoms with Gasteiger partial charge in [-0.1, -0.05) is 60.7 Å². The number of hydrogen-bond donors (Lipinski definition) is 1. The fourth-order valence-electron chi connectivity index (χ4n) is 4.40. The van der Waals surface area contributed by atoms with Crippen molar-refractivity contribution in [3.05, 3.63) is 107 Å². The number of fused-ring (bicyclic) bond motifs is 1. The van der Waals surface area contributed by atoms with Gasteiger partial charge >= 0.3 is 18.0 Å². The third-order valence-corrected chi connectivity index (χ3v) is 6.25. The molecule has 42 heavy (non-hydrogen) atoms. The Morgan fingerprint density at radius 1 is 0.905 bits per heavy atom. The molecule has 0 aliphatic carbocycles. The summed E-state index contributed by atoms with van der Waals surface area (Å²) >= 11 is 0. The summed E-state index contributed by atoms with van der Waals surface area (Å²) < 4.78 is 18.1. The van der Waals surface area contributed by atoms with E-state index in [9.17, 15) is 19.6 Å². The van der Waals surface area contributed by atoms with Gasteiger partial charge in [0.2, 0.25) is 0 Å². The van der Waals surface area contributed by atoms with E-state index in [0.29, 0.717) is 22.0 Å². The number of ether oxygens (including phenoxy) is 3. The molecule has 1 unspecified atom stereocenters. The van der Waals surface area contributed by atoms with Gasteiger partial charge in [0, 0.05) is 23.5 Å². The van der Waals surface area contributed by atoms with E-state index in [1.165, 1.54) is 0 Å². The monoisotopic (exact) mass is 567 g/mol. The van der Waals surface area contributed by atoms with Gasteiger partial charge in [-0.25, -0.2) is 9.59 Å². The van der Waals surface area contributed by atoms with Crippen molar-refractivity contribution < 1.29 is 28.6 Å². The highest BCUT2D eigenvalue weighted by Crippen LogP contribution is 2.25. The van der Waals surface area contributed by atoms with Crippen LogP contribution >= 0.6 is 0 Å². The van der Waals surface area contributed by atoms with E-state index >= 15 is 0 Å². The first-order valence-electron chi connectivity index (χ1n) is 13.5. The van der Waals surface area contributed by atoms with Crippen molar-refractivity contribution in [2.75, 3.05) is 0 Å². The maximum Gasteiger partial charge on any atom is 0.408 e. The van der Waals surface area contributed by atoms with E-state index in [2.05, 4.69) is 11.4 Å². The van der Waals surface area contributed by atoms with E-state index in [1.54, 1.807) is 49.7 Å². The molecule has 0 fully saturated rings. The van der Waals surface area contributed by atoms with E-state index in [-0.39, 0.29) is 26.2 Å². The molecule has 1 amide bonds. The molecule has 4 aromatic rings. The van der Waals surface area contributed by atoms with Gasteiger partial charge in [0.05, 0.1) is 11.6 Å². The van der Waals surface area contributed by atoms with Crippen LogP contribution in [0.25, 0.3) is 10.9 Å². The number of aromatic nitrogens is 1. The van der Waals surface area contributed by atoms with Crippen LogP contribution in [0.4, 0.5) is 4.79 Å². The summed E-state index contributed by atoms with van der Waals surface area (Å²) in [5, 5.41) is 12.8. The number of nitrogens with zero attached hydrogens (tertiary/aromatic N) is 2. The van der Waals surface area contributed by atoms with Crippen molar-refractivity contribution in [3.63, 3.8) is 0 Å². The summed E-state index contributed by atoms with van der Waals surface area (Å²) in [5.41, 5.74) is 2.66. The van der Waals surface area contributed by atoms with Crippen LogP contribution in [-0.4, -0.2) is 34.2 Å². The lowest BCUT2D eigenvalue weighted by Gasteiger charge is -2.19. The Balaban J connectivity index is 1.59. The number of alkyl carbamates (subject to hydrolysis) is 1. The lowest BCUT2D eigenvalue weighted by atomic mass is 10.0. The molecule has 3 aromatic carbocycles. The van der Waals surface area contributed by atoms with Gasteiger partial charge in [0.25, 0.3) is 0 Å². The van der Waals surface area contributed by atoms with Gasteiger partial charge in [-0.3, -0.25) is 4.79 Å². The van der Waals surface area contributed by atoms with Gasteiger partial charge in [-0.15, -0.1) is 0 Å². The maximum atomic E-state index is 13.3. The zero-order valence-corrected chi connectivity index (χ0v) is 23.8. The predicted molar refractivity (Wildman–Crippen MR) is 156 cm³/mol. The zero-order valence-electron chi connectivity index (χ0n) is 23.8. The number of carbonyl (C=O) groups is 3. The number of amides is 1. The molecular weight excluding hydrogens is 534 g/mol. The van der Waals surface area contributed by atoms with Gasteiger partial charge in [-0.05, 0) is 55.7 Å². The van der Waals surface area contributed by atoms with Crippen LogP contribution < -0.4 is 5.32 Å². The lowest BCUT2D eigenvalue weighted by Crippen LogP contribution is -2.43. The second kappa shape index (κ2) is 13.5. The first-order valence-corrected chi connectivity index (χ1v) is 13.5. The molecule has 0 saturated heterocycles. The third kappa shape index (κ3) is 8.45. The highest BCUT2D eigenvalue weighted by atomic mass is 16.6. The molecule has 0 saturated carbocycles. The van der Waals surface area contributed by atoms with Crippen LogP contribution in [0, 0.1) is 11.3 Å². The Morgan fingerprint density at radius 3 is 2.12 bits per heavy atom. The molecule has 1 N–H and O–H groups in total. The summed E-state index contributed by atoms with van der Waals surface area (Å²) in [7, 11) is 0. The predicted octanol–water partition coefficient (Wildman–Crippen LogP) is 5.44. The molecule has 9 heteroatoms. The summed E-state index contributed by atoms with van der Waals surface area (Å²) in [6, 6.07) is 24.5. The van der Waals surface area contributed by atoms with E-state index in [0.717, 1.165) is 11.1 Å². The first-order chi connectivity index (χ1) is 20.1. The van der Waals surface area contributed by atoms with Crippen molar-refractivity contribution in [2.45, 2.75) is 58.6 Å². The van der Waals surface area contributed by atoms with Crippen molar-refractivity contribution in [3.8, 4) is 6.07 Å². The van der Waals surface area contributed by atoms with Crippen LogP contribution in [-0.2, 0) is 50.0 Å². The molecule has 9 nitrogen and oxygen atoms in total. The minimum atomic E-state index is -1.11. The van der Waals surface area contributed by atoms with Crippen LogP contribution in [0.1, 0.15) is 43.0 Å². The van der Waals surface area contributed by atoms with Gasteiger partial charge in [0.1, 0.15) is 31.4 Å². The minimum absolute atomic E-state index is 0.0237. The zero-order chi connectivity index (χ0) is 30.1. The molecule has 0 radical (unpaired) electrons. The standard InChI is InChI=1S/C33H33N3O6/c1-33(2,3)42-30(37)20-36-19-26(27-16-25(18-34)14-15-29(27)36)17-28(31(38)40-21-23-10-6-4-7-11-23)35-32(39)41-22-24-12-8-5-9-13-24/h4-16,19,28H,17,20-22H2,1-3H3,(H,35,39). The maximum absolute atomic E-state index is 13.3. The van der Waals surface area contributed by atoms with E-state index in [4.69, 9.17) is 14.2 Å². The summed E-state index contributed by atoms with van der Waals surface area (Å²) in [6.45, 7) is 5.34. The molecule has 4 rings (SSSR count). The Hall–Kier alpha value is -5.10. The second-order valence-electron chi connectivity index (χ2n) is 10.8. The Kier molecular flexibility index (Phi) is 9.61. The summed E-state index contributed by atoms with van der Waals surface area (Å²) in [5.74, 6) is -1.09. The van der Waals surface area contributed by atoms with E-state index in [1.807, 2.05) is 60.7 Å². The summed E-state index contributed by atoms with van der Waals surface area (Å²) in [4.78, 5) is 38.7. The van der Waals surface area contributed by atoms with Crippen LogP contribution in [0.15, 0.2) is 85.1 Å². The second-order valence-corrected chi connectivity index (χ2v) is 10.8. The van der Waals surface area contributed by atoms with Gasteiger partial charge in [0.15, 0.2) is 0 Å². The number of nitriles is 1. The Bertz CT molecular complexity index is 1580. The van der Waals surface area contributed by atoms with Crippen LogP contribution in [0.3, 0.4) is 0 Å². The van der Waals surface area contributed by atoms with Crippen molar-refractivity contribution in [1.29, 1.82) is 5.26 Å². The Morgan fingerprint density at radius 2 is 1.52 bits per heavy atom. The Labute approximate surface area is 244 Å². The number of benzene rings is 3. The van der Waals surface area contributed by atoms with Crippen molar-refractivity contribution >= 4 is 28.9 Å².